The van der Waals surface area contributed by atoms with Crippen LogP contribution in [0.1, 0.15) is 16.7 Å². The molecule has 4 N–H and O–H groups in total. The number of anilines is 2. The van der Waals surface area contributed by atoms with Gasteiger partial charge in [-0.2, -0.15) is 4.98 Å². The van der Waals surface area contributed by atoms with E-state index in [1.807, 2.05) is 12.3 Å². The first-order valence-corrected chi connectivity index (χ1v) is 6.48. The van der Waals surface area contributed by atoms with E-state index in [2.05, 4.69) is 46.6 Å². The van der Waals surface area contributed by atoms with Crippen molar-refractivity contribution in [2.24, 2.45) is 0 Å². The summed E-state index contributed by atoms with van der Waals surface area (Å²) in [6, 6.07) is 8.35. The van der Waals surface area contributed by atoms with Gasteiger partial charge in [-0.1, -0.05) is 23.8 Å². The van der Waals surface area contributed by atoms with E-state index in [0.717, 1.165) is 17.6 Å². The van der Waals surface area contributed by atoms with Gasteiger partial charge in [-0.3, -0.25) is 0 Å². The number of fused-ring (bicyclic) bond motifs is 1. The highest BCUT2D eigenvalue weighted by atomic mass is 15.1. The van der Waals surface area contributed by atoms with Gasteiger partial charge in [0.15, 0.2) is 5.82 Å². The predicted molar refractivity (Wildman–Crippen MR) is 81.4 cm³/mol. The average molecular weight is 267 g/mol. The van der Waals surface area contributed by atoms with Crippen LogP contribution in [0.3, 0.4) is 0 Å². The highest BCUT2D eigenvalue weighted by Crippen LogP contribution is 2.22. The summed E-state index contributed by atoms with van der Waals surface area (Å²) < 4.78 is 2.06. The molecule has 2 aromatic heterocycles. The van der Waals surface area contributed by atoms with Crippen molar-refractivity contribution in [2.45, 2.75) is 20.4 Å². The molecule has 0 aliphatic heterocycles. The van der Waals surface area contributed by atoms with Crippen LogP contribution in [0.2, 0.25) is 0 Å². The van der Waals surface area contributed by atoms with Crippen LogP contribution in [0.15, 0.2) is 30.5 Å². The molecule has 5 nitrogen and oxygen atoms in total. The van der Waals surface area contributed by atoms with Crippen LogP contribution in [-0.2, 0) is 6.54 Å². The Morgan fingerprint density at radius 3 is 2.70 bits per heavy atom. The topological polar surface area (TPSA) is 82.8 Å². The normalized spacial score (nSPS) is 11.1. The number of benzene rings is 1. The first-order chi connectivity index (χ1) is 9.54. The zero-order valence-corrected chi connectivity index (χ0v) is 11.6. The summed E-state index contributed by atoms with van der Waals surface area (Å²) in [6.45, 7) is 4.95. The number of rotatable bonds is 2. The Kier molecular flexibility index (Phi) is 2.82. The van der Waals surface area contributed by atoms with E-state index in [-0.39, 0.29) is 5.95 Å². The number of hydrogen-bond donors (Lipinski definition) is 2. The number of aryl methyl sites for hydroxylation is 2. The zero-order valence-electron chi connectivity index (χ0n) is 11.6. The molecular weight excluding hydrogens is 250 g/mol. The molecule has 102 valence electrons. The maximum absolute atomic E-state index is 5.97. The second-order valence-electron chi connectivity index (χ2n) is 5.07. The van der Waals surface area contributed by atoms with Crippen LogP contribution in [0.25, 0.3) is 11.0 Å². The number of aromatic nitrogens is 3. The van der Waals surface area contributed by atoms with Gasteiger partial charge in [0.25, 0.3) is 0 Å². The Labute approximate surface area is 117 Å². The van der Waals surface area contributed by atoms with E-state index in [9.17, 15) is 0 Å². The summed E-state index contributed by atoms with van der Waals surface area (Å²) in [4.78, 5) is 8.24. The molecule has 0 aliphatic rings. The maximum Gasteiger partial charge on any atom is 0.222 e. The van der Waals surface area contributed by atoms with E-state index in [1.165, 1.54) is 16.7 Å². The van der Waals surface area contributed by atoms with Gasteiger partial charge >= 0.3 is 0 Å². The van der Waals surface area contributed by atoms with Crippen LogP contribution in [0.5, 0.6) is 0 Å². The molecule has 0 aliphatic carbocycles. The Morgan fingerprint density at radius 2 is 1.90 bits per heavy atom. The fraction of sp³-hybridized carbons (Fsp3) is 0.200. The SMILES string of the molecule is Cc1ccc(C)c(Cn2ccc3nc(N)nc(N)c32)c1. The molecule has 0 bridgehead atoms. The minimum Gasteiger partial charge on any atom is -0.382 e. The van der Waals surface area contributed by atoms with E-state index in [4.69, 9.17) is 11.5 Å². The van der Waals surface area contributed by atoms with Crippen molar-refractivity contribution in [1.29, 1.82) is 0 Å². The standard InChI is InChI=1S/C15H17N5/c1-9-3-4-10(2)11(7-9)8-20-6-5-12-13(20)14(16)19-15(17)18-12/h3-7H,8H2,1-2H3,(H4,16,17,18,19). The van der Waals surface area contributed by atoms with Gasteiger partial charge in [-0.15, -0.1) is 0 Å². The van der Waals surface area contributed by atoms with Gasteiger partial charge in [-0.05, 0) is 31.0 Å². The summed E-state index contributed by atoms with van der Waals surface area (Å²) in [5, 5.41) is 0. The van der Waals surface area contributed by atoms with Crippen LogP contribution in [0, 0.1) is 13.8 Å². The van der Waals surface area contributed by atoms with E-state index in [0.29, 0.717) is 5.82 Å². The first kappa shape index (κ1) is 12.5. The summed E-state index contributed by atoms with van der Waals surface area (Å²) in [5.74, 6) is 0.627. The average Bonchev–Trinajstić information content (AvgIpc) is 2.77. The molecule has 1 aromatic carbocycles. The van der Waals surface area contributed by atoms with Crippen LogP contribution >= 0.6 is 0 Å². The Hall–Kier alpha value is -2.56. The Morgan fingerprint density at radius 1 is 1.10 bits per heavy atom. The molecule has 0 amide bonds. The van der Waals surface area contributed by atoms with Crippen LogP contribution in [-0.4, -0.2) is 14.5 Å². The summed E-state index contributed by atoms with van der Waals surface area (Å²) in [6.07, 6.45) is 1.97. The lowest BCUT2D eigenvalue weighted by Crippen LogP contribution is -2.05. The molecule has 2 heterocycles. The molecule has 0 radical (unpaired) electrons. The van der Waals surface area contributed by atoms with E-state index < -0.39 is 0 Å². The second kappa shape index (κ2) is 4.52. The van der Waals surface area contributed by atoms with Gasteiger partial charge < -0.3 is 16.0 Å². The van der Waals surface area contributed by atoms with E-state index >= 15 is 0 Å². The first-order valence-electron chi connectivity index (χ1n) is 6.48. The highest BCUT2D eigenvalue weighted by Gasteiger charge is 2.10. The molecule has 0 saturated heterocycles. The van der Waals surface area contributed by atoms with Gasteiger partial charge in [0, 0.05) is 12.7 Å². The Balaban J connectivity index is 2.09. The third-order valence-corrected chi connectivity index (χ3v) is 3.50. The van der Waals surface area contributed by atoms with Crippen molar-refractivity contribution in [1.82, 2.24) is 14.5 Å². The number of nitrogens with two attached hydrogens (primary N) is 2. The number of nitrogens with zero attached hydrogens (tertiary/aromatic N) is 3. The van der Waals surface area contributed by atoms with Gasteiger partial charge in [-0.25, -0.2) is 4.98 Å². The lowest BCUT2D eigenvalue weighted by molar-refractivity contribution is 0.828. The molecule has 3 rings (SSSR count). The number of hydrogen-bond acceptors (Lipinski definition) is 4. The predicted octanol–water partition coefficient (Wildman–Crippen LogP) is 2.26. The van der Waals surface area contributed by atoms with Crippen molar-refractivity contribution >= 4 is 22.8 Å². The summed E-state index contributed by atoms with van der Waals surface area (Å²) >= 11 is 0. The molecule has 20 heavy (non-hydrogen) atoms. The van der Waals surface area contributed by atoms with Crippen LogP contribution in [0.4, 0.5) is 11.8 Å². The monoisotopic (exact) mass is 267 g/mol. The summed E-state index contributed by atoms with van der Waals surface area (Å²) in [7, 11) is 0. The maximum atomic E-state index is 5.97. The molecule has 0 spiro atoms. The second-order valence-corrected chi connectivity index (χ2v) is 5.07. The molecule has 3 aromatic rings. The molecule has 0 saturated carbocycles. The van der Waals surface area contributed by atoms with Gasteiger partial charge in [0.1, 0.15) is 5.52 Å². The zero-order chi connectivity index (χ0) is 14.3. The molecule has 0 atom stereocenters. The highest BCUT2D eigenvalue weighted by molar-refractivity contribution is 5.86. The summed E-state index contributed by atoms with van der Waals surface area (Å²) in [5.41, 5.74) is 17.0. The van der Waals surface area contributed by atoms with Gasteiger partial charge in [0.2, 0.25) is 5.95 Å². The van der Waals surface area contributed by atoms with E-state index in [1.54, 1.807) is 0 Å². The smallest absolute Gasteiger partial charge is 0.222 e. The largest absolute Gasteiger partial charge is 0.382 e. The van der Waals surface area contributed by atoms with Crippen molar-refractivity contribution in [3.63, 3.8) is 0 Å². The quantitative estimate of drug-likeness (QED) is 0.746. The lowest BCUT2D eigenvalue weighted by Gasteiger charge is -2.10. The molecular formula is C15H17N5. The van der Waals surface area contributed by atoms with Crippen molar-refractivity contribution in [3.05, 3.63) is 47.2 Å². The van der Waals surface area contributed by atoms with Crippen LogP contribution < -0.4 is 11.5 Å². The molecule has 0 fully saturated rings. The minimum atomic E-state index is 0.208. The van der Waals surface area contributed by atoms with Crippen molar-refractivity contribution < 1.29 is 0 Å². The number of nitrogen functional groups attached to an aromatic ring is 2. The fourth-order valence-electron chi connectivity index (χ4n) is 2.44. The Bertz CT molecular complexity index is 788. The molecule has 0 unspecified atom stereocenters. The van der Waals surface area contributed by atoms with Gasteiger partial charge in [0.05, 0.1) is 5.52 Å². The van der Waals surface area contributed by atoms with Crippen molar-refractivity contribution in [2.75, 3.05) is 11.5 Å². The fourth-order valence-corrected chi connectivity index (χ4v) is 2.44. The van der Waals surface area contributed by atoms with Crippen molar-refractivity contribution in [3.8, 4) is 0 Å². The third-order valence-electron chi connectivity index (χ3n) is 3.50. The lowest BCUT2D eigenvalue weighted by atomic mass is 10.1. The molecule has 5 heteroatoms. The third kappa shape index (κ3) is 2.07. The minimum absolute atomic E-state index is 0.208.